The Balaban J connectivity index is 0.000000192. The number of nitrogens with one attached hydrogen (secondary N) is 2. The predicted octanol–water partition coefficient (Wildman–Crippen LogP) is 6.28. The molecule has 278 valence electrons. The summed E-state index contributed by atoms with van der Waals surface area (Å²) in [5.74, 6) is -0.0263. The molecule has 0 bridgehead atoms. The molecule has 2 fully saturated rings. The average Bonchev–Trinajstić information content (AvgIpc) is 3.77. The third kappa shape index (κ3) is 8.82. The normalized spacial score (nSPS) is 15.6. The van der Waals surface area contributed by atoms with E-state index in [0.717, 1.165) is 50.6 Å². The maximum Gasteiger partial charge on any atom is 0.495 e. The fourth-order valence-electron chi connectivity index (χ4n) is 6.10. The molecule has 2 aliphatic rings. The number of methoxy groups -OCH3 is 2. The number of carbonyl (C=O) groups excluding carboxylic acids is 3. The molecule has 0 atom stereocenters. The number of hydrogen-bond donors (Lipinski definition) is 2. The number of H-pyrrole nitrogens is 2. The van der Waals surface area contributed by atoms with E-state index in [9.17, 15) is 14.4 Å². The van der Waals surface area contributed by atoms with Gasteiger partial charge in [-0.3, -0.25) is 4.79 Å². The van der Waals surface area contributed by atoms with E-state index in [1.165, 1.54) is 14.2 Å². The van der Waals surface area contributed by atoms with Crippen LogP contribution in [0.3, 0.4) is 0 Å². The highest BCUT2D eigenvalue weighted by Crippen LogP contribution is 2.34. The zero-order chi connectivity index (χ0) is 37.7. The van der Waals surface area contributed by atoms with E-state index in [2.05, 4.69) is 23.8 Å². The lowest BCUT2D eigenvalue weighted by atomic mass is 9.75. The van der Waals surface area contributed by atoms with Crippen molar-refractivity contribution in [2.45, 2.75) is 20.3 Å². The van der Waals surface area contributed by atoms with E-state index in [4.69, 9.17) is 51.5 Å². The summed E-state index contributed by atoms with van der Waals surface area (Å²) >= 11 is 12.8. The minimum absolute atomic E-state index is 0.0155. The molecule has 3 aromatic carbocycles. The second-order valence-corrected chi connectivity index (χ2v) is 14.3. The van der Waals surface area contributed by atoms with Gasteiger partial charge in [0.15, 0.2) is 0 Å². The van der Waals surface area contributed by atoms with E-state index < -0.39 is 19.1 Å². The lowest BCUT2D eigenvalue weighted by Crippen LogP contribution is -2.47. The van der Waals surface area contributed by atoms with Crippen LogP contribution in [0.1, 0.15) is 41.0 Å². The number of morpholine rings is 1. The number of hydrogen-bond acceptors (Lipinski definition) is 9. The van der Waals surface area contributed by atoms with Crippen LogP contribution in [-0.4, -0.2) is 100 Å². The summed E-state index contributed by atoms with van der Waals surface area (Å²) in [7, 11) is 2.19. The zero-order valence-electron chi connectivity index (χ0n) is 29.9. The van der Waals surface area contributed by atoms with Gasteiger partial charge in [0.05, 0.1) is 43.6 Å². The fourth-order valence-corrected chi connectivity index (χ4v) is 6.62. The molecule has 12 nitrogen and oxygen atoms in total. The van der Waals surface area contributed by atoms with Gasteiger partial charge in [0.1, 0.15) is 12.4 Å². The summed E-state index contributed by atoms with van der Waals surface area (Å²) in [5.41, 5.74) is 4.90. The van der Waals surface area contributed by atoms with Crippen molar-refractivity contribution in [3.8, 4) is 16.9 Å². The number of carbonyl (C=O) groups is 3. The van der Waals surface area contributed by atoms with E-state index >= 15 is 0 Å². The molecule has 0 aliphatic carbocycles. The van der Waals surface area contributed by atoms with E-state index in [0.29, 0.717) is 60.7 Å². The molecule has 4 heterocycles. The van der Waals surface area contributed by atoms with Gasteiger partial charge < -0.3 is 43.1 Å². The number of nitrogens with zero attached hydrogens (tertiary/aromatic N) is 1. The molecular weight excluding hydrogens is 724 g/mol. The highest BCUT2D eigenvalue weighted by Gasteiger charge is 2.35. The molecule has 2 aliphatic heterocycles. The predicted molar refractivity (Wildman–Crippen MR) is 203 cm³/mol. The fraction of sp³-hybridized carbons (Fsp3) is 0.342. The highest BCUT2D eigenvalue weighted by molar-refractivity contribution is 6.65. The van der Waals surface area contributed by atoms with Gasteiger partial charge >= 0.3 is 19.1 Å². The molecule has 53 heavy (non-hydrogen) atoms. The molecule has 5 aromatic rings. The first-order valence-electron chi connectivity index (χ1n) is 17.1. The van der Waals surface area contributed by atoms with E-state index in [1.54, 1.807) is 29.4 Å². The number of amides is 1. The first kappa shape index (κ1) is 38.2. The van der Waals surface area contributed by atoms with E-state index in [-0.39, 0.29) is 17.9 Å². The van der Waals surface area contributed by atoms with Gasteiger partial charge in [0.2, 0.25) is 5.91 Å². The zero-order valence-corrected chi connectivity index (χ0v) is 31.4. The monoisotopic (exact) mass is 763 g/mol. The largest absolute Gasteiger partial charge is 0.495 e. The lowest BCUT2D eigenvalue weighted by Gasteiger charge is -2.33. The van der Waals surface area contributed by atoms with Crippen LogP contribution in [0.4, 0.5) is 0 Å². The molecule has 0 radical (unpaired) electrons. The van der Waals surface area contributed by atoms with Crippen molar-refractivity contribution in [3.63, 3.8) is 0 Å². The second-order valence-electron chi connectivity index (χ2n) is 13.5. The Morgan fingerprint density at radius 3 is 2.09 bits per heavy atom. The van der Waals surface area contributed by atoms with E-state index in [1.807, 2.05) is 36.4 Å². The van der Waals surface area contributed by atoms with Crippen LogP contribution in [0.2, 0.25) is 10.0 Å². The summed E-state index contributed by atoms with van der Waals surface area (Å²) in [6.45, 7) is 7.90. The smallest absolute Gasteiger partial charge is 0.494 e. The highest BCUT2D eigenvalue weighted by atomic mass is 35.5. The van der Waals surface area contributed by atoms with Crippen molar-refractivity contribution in [3.05, 3.63) is 82.1 Å². The molecule has 2 saturated heterocycles. The Kier molecular flexibility index (Phi) is 12.0. The third-order valence-electron chi connectivity index (χ3n) is 8.97. The Labute approximate surface area is 317 Å². The maximum atomic E-state index is 12.0. The number of halogens is 2. The quantitative estimate of drug-likeness (QED) is 0.101. The minimum Gasteiger partial charge on any atom is -0.494 e. The van der Waals surface area contributed by atoms with Gasteiger partial charge in [0, 0.05) is 82.0 Å². The van der Waals surface area contributed by atoms with Crippen molar-refractivity contribution in [2.75, 3.05) is 60.3 Å². The van der Waals surface area contributed by atoms with Crippen LogP contribution < -0.4 is 10.2 Å². The Bertz CT molecular complexity index is 2110. The summed E-state index contributed by atoms with van der Waals surface area (Å²) in [5, 5.41) is 2.61. The second kappa shape index (κ2) is 16.7. The Morgan fingerprint density at radius 2 is 1.49 bits per heavy atom. The summed E-state index contributed by atoms with van der Waals surface area (Å²) in [6.07, 6.45) is 3.99. The van der Waals surface area contributed by atoms with Crippen LogP contribution in [-0.2, 0) is 28.3 Å². The van der Waals surface area contributed by atoms with Gasteiger partial charge in [-0.2, -0.15) is 0 Å². The number of benzene rings is 3. The number of rotatable bonds is 9. The summed E-state index contributed by atoms with van der Waals surface area (Å²) < 4.78 is 32.1. The summed E-state index contributed by atoms with van der Waals surface area (Å²) in [4.78, 5) is 43.4. The number of aromatic nitrogens is 2. The molecule has 15 heteroatoms. The number of fused-ring (bicyclic) bond motifs is 2. The first-order chi connectivity index (χ1) is 25.5. The standard InChI is InChI=1S/C23H23ClN2O5.C15H17BClNO4/c1-29-23(28)19-13-25-21-12-20(24)17(11-18(19)21)15-3-5-16(6-4-15)31-9-2-7-26-8-10-30-14-22(26)27;1-15(2)7-21-16(22-8-15)11-4-9-10(14(19)20-3)6-18-13(9)5-12(11)17/h3-6,11-13,25H,2,7-10,14H2,1H3;4-6,18H,7-8H2,1-3H3. The average molecular weight is 764 g/mol. The van der Waals surface area contributed by atoms with Crippen molar-refractivity contribution in [2.24, 2.45) is 5.41 Å². The molecule has 2 N–H and O–H groups in total. The van der Waals surface area contributed by atoms with Gasteiger partial charge in [-0.15, -0.1) is 0 Å². The third-order valence-corrected chi connectivity index (χ3v) is 9.61. The Morgan fingerprint density at radius 1 is 0.887 bits per heavy atom. The molecule has 0 unspecified atom stereocenters. The lowest BCUT2D eigenvalue weighted by molar-refractivity contribution is -0.142. The van der Waals surface area contributed by atoms with Crippen molar-refractivity contribution in [1.82, 2.24) is 14.9 Å². The molecular formula is C38H40BCl2N3O9. The van der Waals surface area contributed by atoms with Crippen molar-refractivity contribution in [1.29, 1.82) is 0 Å². The topological polar surface area (TPSA) is 141 Å². The van der Waals surface area contributed by atoms with Crippen LogP contribution in [0.5, 0.6) is 5.75 Å². The SMILES string of the molecule is COC(=O)c1c[nH]c2cc(Cl)c(-c3ccc(OCCCN4CCOCC4=O)cc3)cc12.COC(=O)c1c[nH]c2cc(Cl)c(B3OCC(C)(C)CO3)cc12. The maximum absolute atomic E-state index is 12.0. The summed E-state index contributed by atoms with van der Waals surface area (Å²) in [6, 6.07) is 14.9. The van der Waals surface area contributed by atoms with Crippen LogP contribution >= 0.6 is 23.2 Å². The number of esters is 2. The van der Waals surface area contributed by atoms with Gasteiger partial charge in [-0.1, -0.05) is 55.2 Å². The van der Waals surface area contributed by atoms with Gasteiger partial charge in [-0.25, -0.2) is 9.59 Å². The van der Waals surface area contributed by atoms with Crippen molar-refractivity contribution >= 4 is 75.4 Å². The van der Waals surface area contributed by atoms with Crippen molar-refractivity contribution < 1.29 is 42.6 Å². The molecule has 2 aromatic heterocycles. The van der Waals surface area contributed by atoms with Crippen LogP contribution in [0.25, 0.3) is 32.9 Å². The molecule has 1 amide bonds. The van der Waals surface area contributed by atoms with Crippen LogP contribution in [0, 0.1) is 5.41 Å². The Hall–Kier alpha value is -4.53. The molecule has 0 saturated carbocycles. The first-order valence-corrected chi connectivity index (χ1v) is 17.8. The molecule has 7 rings (SSSR count). The van der Waals surface area contributed by atoms with Gasteiger partial charge in [0.25, 0.3) is 0 Å². The minimum atomic E-state index is -0.523. The number of aromatic amines is 2. The van der Waals surface area contributed by atoms with Crippen LogP contribution in [0.15, 0.2) is 60.9 Å². The number of ether oxygens (including phenoxy) is 4. The molecule has 0 spiro atoms. The van der Waals surface area contributed by atoms with Gasteiger partial charge in [-0.05, 0) is 42.3 Å².